The van der Waals surface area contributed by atoms with Crippen LogP contribution in [0, 0.1) is 5.82 Å². The van der Waals surface area contributed by atoms with E-state index in [-0.39, 0.29) is 10.9 Å². The van der Waals surface area contributed by atoms with Crippen molar-refractivity contribution in [2.45, 2.75) is 19.8 Å². The fourth-order valence-electron chi connectivity index (χ4n) is 1.90. The molecule has 96 valence electrons. The number of anilines is 1. The highest BCUT2D eigenvalue weighted by molar-refractivity contribution is 6.31. The van der Waals surface area contributed by atoms with Crippen LogP contribution in [-0.2, 0) is 7.05 Å². The second-order valence-corrected chi connectivity index (χ2v) is 4.95. The zero-order chi connectivity index (χ0) is 13.4. The van der Waals surface area contributed by atoms with E-state index in [2.05, 4.69) is 4.98 Å². The van der Waals surface area contributed by atoms with Crippen LogP contribution in [0.25, 0.3) is 11.3 Å². The van der Waals surface area contributed by atoms with E-state index in [1.165, 1.54) is 6.07 Å². The summed E-state index contributed by atoms with van der Waals surface area (Å²) in [6, 6.07) is 4.49. The lowest BCUT2D eigenvalue weighted by molar-refractivity contribution is 0.628. The van der Waals surface area contributed by atoms with E-state index in [0.717, 1.165) is 11.4 Å². The Morgan fingerprint density at radius 3 is 2.56 bits per heavy atom. The molecule has 0 unspecified atom stereocenters. The number of hydrogen-bond acceptors (Lipinski definition) is 2. The summed E-state index contributed by atoms with van der Waals surface area (Å²) in [6.07, 6.45) is 0. The van der Waals surface area contributed by atoms with Crippen molar-refractivity contribution in [2.24, 2.45) is 7.05 Å². The van der Waals surface area contributed by atoms with E-state index in [9.17, 15) is 4.39 Å². The number of hydrogen-bond donors (Lipinski definition) is 1. The van der Waals surface area contributed by atoms with Gasteiger partial charge in [-0.15, -0.1) is 0 Å². The summed E-state index contributed by atoms with van der Waals surface area (Å²) in [5, 5.41) is 0.0728. The first-order valence-electron chi connectivity index (χ1n) is 5.69. The zero-order valence-electron chi connectivity index (χ0n) is 10.5. The van der Waals surface area contributed by atoms with Gasteiger partial charge >= 0.3 is 0 Å². The molecule has 1 aromatic carbocycles. The Kier molecular flexibility index (Phi) is 3.30. The van der Waals surface area contributed by atoms with Crippen molar-refractivity contribution < 1.29 is 4.39 Å². The van der Waals surface area contributed by atoms with Crippen LogP contribution in [0.3, 0.4) is 0 Å². The molecular weight excluding hydrogens is 253 g/mol. The largest absolute Gasteiger partial charge is 0.383 e. The lowest BCUT2D eigenvalue weighted by Gasteiger charge is -2.04. The van der Waals surface area contributed by atoms with Gasteiger partial charge in [0.25, 0.3) is 0 Å². The minimum Gasteiger partial charge on any atom is -0.383 e. The molecule has 0 atom stereocenters. The molecule has 5 heteroatoms. The van der Waals surface area contributed by atoms with Crippen molar-refractivity contribution in [1.82, 2.24) is 9.55 Å². The van der Waals surface area contributed by atoms with Crippen molar-refractivity contribution in [3.8, 4) is 11.3 Å². The average Bonchev–Trinajstić information content (AvgIpc) is 2.60. The fourth-order valence-corrected chi connectivity index (χ4v) is 2.08. The standard InChI is InChI=1S/C13H15ClFN3/c1-7(2)13-17-11(12(16)18(13)3)8-4-5-10(15)9(14)6-8/h4-7H,16H2,1-3H3. The quantitative estimate of drug-likeness (QED) is 0.904. The van der Waals surface area contributed by atoms with Gasteiger partial charge in [-0.1, -0.05) is 25.4 Å². The molecule has 0 spiro atoms. The molecule has 2 N–H and O–H groups in total. The Bertz CT molecular complexity index is 590. The van der Waals surface area contributed by atoms with Gasteiger partial charge in [0, 0.05) is 18.5 Å². The first-order chi connectivity index (χ1) is 8.41. The normalized spacial score (nSPS) is 11.2. The highest BCUT2D eigenvalue weighted by Gasteiger charge is 2.16. The van der Waals surface area contributed by atoms with Gasteiger partial charge in [-0.2, -0.15) is 0 Å². The number of halogens is 2. The van der Waals surface area contributed by atoms with Gasteiger partial charge in [0.15, 0.2) is 0 Å². The molecule has 3 nitrogen and oxygen atoms in total. The minimum absolute atomic E-state index is 0.0728. The molecule has 18 heavy (non-hydrogen) atoms. The maximum Gasteiger partial charge on any atom is 0.141 e. The number of nitrogen functional groups attached to an aromatic ring is 1. The Labute approximate surface area is 110 Å². The van der Waals surface area contributed by atoms with Crippen molar-refractivity contribution in [2.75, 3.05) is 5.73 Å². The molecule has 0 aliphatic heterocycles. The highest BCUT2D eigenvalue weighted by Crippen LogP contribution is 2.30. The SMILES string of the molecule is CC(C)c1nc(-c2ccc(F)c(Cl)c2)c(N)n1C. The predicted octanol–water partition coefficient (Wildman–Crippen LogP) is 3.59. The summed E-state index contributed by atoms with van der Waals surface area (Å²) < 4.78 is 15.0. The van der Waals surface area contributed by atoms with Crippen LogP contribution < -0.4 is 5.73 Å². The molecule has 1 aromatic heterocycles. The zero-order valence-corrected chi connectivity index (χ0v) is 11.3. The van der Waals surface area contributed by atoms with Gasteiger partial charge < -0.3 is 10.3 Å². The first-order valence-corrected chi connectivity index (χ1v) is 6.07. The van der Waals surface area contributed by atoms with Gasteiger partial charge in [-0.05, 0) is 18.2 Å². The van der Waals surface area contributed by atoms with Crippen LogP contribution in [0.1, 0.15) is 25.6 Å². The van der Waals surface area contributed by atoms with E-state index in [1.807, 2.05) is 25.5 Å². The van der Waals surface area contributed by atoms with Crippen LogP contribution in [0.4, 0.5) is 10.2 Å². The van der Waals surface area contributed by atoms with Crippen molar-refractivity contribution in [3.63, 3.8) is 0 Å². The maximum atomic E-state index is 13.1. The molecule has 0 radical (unpaired) electrons. The summed E-state index contributed by atoms with van der Waals surface area (Å²) in [7, 11) is 1.87. The molecular formula is C13H15ClFN3. The highest BCUT2D eigenvalue weighted by atomic mass is 35.5. The molecule has 0 bridgehead atoms. The maximum absolute atomic E-state index is 13.1. The number of benzene rings is 1. The van der Waals surface area contributed by atoms with E-state index >= 15 is 0 Å². The van der Waals surface area contributed by atoms with Crippen LogP contribution in [0.5, 0.6) is 0 Å². The number of aromatic nitrogens is 2. The molecule has 1 heterocycles. The third kappa shape index (κ3) is 2.08. The number of nitrogens with two attached hydrogens (primary N) is 1. The Morgan fingerprint density at radius 1 is 1.39 bits per heavy atom. The average molecular weight is 268 g/mol. The van der Waals surface area contributed by atoms with Gasteiger partial charge in [0.05, 0.1) is 5.02 Å². The third-order valence-corrected chi connectivity index (χ3v) is 3.17. The second-order valence-electron chi connectivity index (χ2n) is 4.55. The smallest absolute Gasteiger partial charge is 0.141 e. The predicted molar refractivity (Wildman–Crippen MR) is 72.1 cm³/mol. The molecule has 0 amide bonds. The van der Waals surface area contributed by atoms with Gasteiger partial charge in [0.2, 0.25) is 0 Å². The third-order valence-electron chi connectivity index (χ3n) is 2.88. The molecule has 2 rings (SSSR count). The minimum atomic E-state index is -0.445. The van der Waals surface area contributed by atoms with Gasteiger partial charge in [-0.25, -0.2) is 9.37 Å². The summed E-state index contributed by atoms with van der Waals surface area (Å²) in [5.41, 5.74) is 7.39. The van der Waals surface area contributed by atoms with Crippen LogP contribution in [-0.4, -0.2) is 9.55 Å². The molecule has 2 aromatic rings. The molecule has 0 saturated carbocycles. The van der Waals surface area contributed by atoms with Crippen LogP contribution >= 0.6 is 11.6 Å². The van der Waals surface area contributed by atoms with Crippen molar-refractivity contribution in [1.29, 1.82) is 0 Å². The van der Waals surface area contributed by atoms with Crippen molar-refractivity contribution >= 4 is 17.4 Å². The number of rotatable bonds is 2. The van der Waals surface area contributed by atoms with E-state index < -0.39 is 5.82 Å². The van der Waals surface area contributed by atoms with E-state index in [0.29, 0.717) is 11.5 Å². The summed E-state index contributed by atoms with van der Waals surface area (Å²) >= 11 is 5.77. The monoisotopic (exact) mass is 267 g/mol. The second kappa shape index (κ2) is 4.61. The molecule has 0 saturated heterocycles. The molecule has 0 aliphatic rings. The van der Waals surface area contributed by atoms with E-state index in [4.69, 9.17) is 17.3 Å². The summed E-state index contributed by atoms with van der Waals surface area (Å²) in [4.78, 5) is 4.51. The van der Waals surface area contributed by atoms with E-state index in [1.54, 1.807) is 12.1 Å². The topological polar surface area (TPSA) is 43.8 Å². The van der Waals surface area contributed by atoms with Gasteiger partial charge in [-0.3, -0.25) is 0 Å². The summed E-state index contributed by atoms with van der Waals surface area (Å²) in [5.74, 6) is 1.27. The number of imidazole rings is 1. The molecule has 0 aliphatic carbocycles. The van der Waals surface area contributed by atoms with Crippen LogP contribution in [0.2, 0.25) is 5.02 Å². The van der Waals surface area contributed by atoms with Crippen molar-refractivity contribution in [3.05, 3.63) is 34.9 Å². The van der Waals surface area contributed by atoms with Crippen LogP contribution in [0.15, 0.2) is 18.2 Å². The fraction of sp³-hybridized carbons (Fsp3) is 0.308. The Balaban J connectivity index is 2.57. The Hall–Kier alpha value is -1.55. The Morgan fingerprint density at radius 2 is 2.06 bits per heavy atom. The number of nitrogens with zero attached hydrogens (tertiary/aromatic N) is 2. The lowest BCUT2D eigenvalue weighted by Crippen LogP contribution is -2.02. The summed E-state index contributed by atoms with van der Waals surface area (Å²) in [6.45, 7) is 4.09. The molecule has 0 fully saturated rings. The lowest BCUT2D eigenvalue weighted by atomic mass is 10.1. The first kappa shape index (κ1) is 12.9. The van der Waals surface area contributed by atoms with Gasteiger partial charge in [0.1, 0.15) is 23.2 Å².